The average molecular weight is 232 g/mol. The number of benzene rings is 1. The summed E-state index contributed by atoms with van der Waals surface area (Å²) in [5, 5.41) is 9.80. The molecule has 0 spiro atoms. The highest BCUT2D eigenvalue weighted by molar-refractivity contribution is 5.57. The molecule has 0 aliphatic carbocycles. The summed E-state index contributed by atoms with van der Waals surface area (Å²) in [7, 11) is 0. The van der Waals surface area contributed by atoms with Gasteiger partial charge in [0.1, 0.15) is 5.75 Å². The summed E-state index contributed by atoms with van der Waals surface area (Å²) in [6.07, 6.45) is 4.28. The fraction of sp³-hybridized carbons (Fsp3) is 0.429. The quantitative estimate of drug-likeness (QED) is 0.808. The number of hydrogen-bond acceptors (Lipinski definition) is 3. The molecular formula is C14H20N2O. The Morgan fingerprint density at radius 1 is 1.18 bits per heavy atom. The van der Waals surface area contributed by atoms with E-state index in [9.17, 15) is 5.11 Å². The van der Waals surface area contributed by atoms with Crippen LogP contribution in [0.2, 0.25) is 0 Å². The molecule has 1 aliphatic rings. The van der Waals surface area contributed by atoms with Crippen LogP contribution in [0.4, 0.5) is 5.69 Å². The number of rotatable bonds is 3. The number of anilines is 1. The van der Waals surface area contributed by atoms with Crippen molar-refractivity contribution in [1.82, 2.24) is 4.90 Å². The highest BCUT2D eigenvalue weighted by Crippen LogP contribution is 2.26. The average Bonchev–Trinajstić information content (AvgIpc) is 2.38. The van der Waals surface area contributed by atoms with Gasteiger partial charge in [0.05, 0.1) is 5.69 Å². The van der Waals surface area contributed by atoms with Crippen molar-refractivity contribution in [3.05, 3.63) is 36.4 Å². The van der Waals surface area contributed by atoms with Crippen LogP contribution < -0.4 is 4.90 Å². The minimum Gasteiger partial charge on any atom is -0.506 e. The second-order valence-corrected chi connectivity index (χ2v) is 4.35. The smallest absolute Gasteiger partial charge is 0.138 e. The third kappa shape index (κ3) is 3.01. The van der Waals surface area contributed by atoms with E-state index in [0.717, 1.165) is 38.4 Å². The number of phenolic OH excluding ortho intramolecular Hbond substituents is 1. The molecule has 1 fully saturated rings. The Labute approximate surface area is 103 Å². The van der Waals surface area contributed by atoms with Crippen LogP contribution in [0.15, 0.2) is 36.4 Å². The fourth-order valence-corrected chi connectivity index (χ4v) is 2.16. The maximum atomic E-state index is 9.80. The van der Waals surface area contributed by atoms with E-state index in [1.165, 1.54) is 0 Å². The Morgan fingerprint density at radius 3 is 2.53 bits per heavy atom. The number of nitrogens with zero attached hydrogens (tertiary/aromatic N) is 2. The number of hydrogen-bond donors (Lipinski definition) is 1. The van der Waals surface area contributed by atoms with Crippen molar-refractivity contribution in [2.45, 2.75) is 6.92 Å². The van der Waals surface area contributed by atoms with E-state index in [1.54, 1.807) is 6.07 Å². The summed E-state index contributed by atoms with van der Waals surface area (Å²) in [4.78, 5) is 4.68. The number of para-hydroxylation sites is 2. The van der Waals surface area contributed by atoms with Gasteiger partial charge in [0.25, 0.3) is 0 Å². The van der Waals surface area contributed by atoms with E-state index in [4.69, 9.17) is 0 Å². The molecule has 1 aliphatic heterocycles. The Hall–Kier alpha value is -1.48. The van der Waals surface area contributed by atoms with E-state index < -0.39 is 0 Å². The largest absolute Gasteiger partial charge is 0.506 e. The molecule has 3 heteroatoms. The van der Waals surface area contributed by atoms with E-state index in [2.05, 4.69) is 28.9 Å². The zero-order chi connectivity index (χ0) is 12.1. The van der Waals surface area contributed by atoms with Crippen molar-refractivity contribution in [2.75, 3.05) is 37.6 Å². The SMILES string of the molecule is CC=CCN1CCN(c2ccccc2O)CC1. The van der Waals surface area contributed by atoms with Crippen LogP contribution in [0, 0.1) is 0 Å². The zero-order valence-corrected chi connectivity index (χ0v) is 10.3. The molecule has 0 unspecified atom stereocenters. The molecule has 0 amide bonds. The highest BCUT2D eigenvalue weighted by atomic mass is 16.3. The van der Waals surface area contributed by atoms with E-state index in [1.807, 2.05) is 18.2 Å². The predicted molar refractivity (Wildman–Crippen MR) is 71.6 cm³/mol. The zero-order valence-electron chi connectivity index (χ0n) is 10.3. The first kappa shape index (κ1) is 12.0. The molecule has 1 saturated heterocycles. The maximum absolute atomic E-state index is 9.80. The van der Waals surface area contributed by atoms with Crippen molar-refractivity contribution in [2.24, 2.45) is 0 Å². The Morgan fingerprint density at radius 2 is 1.88 bits per heavy atom. The lowest BCUT2D eigenvalue weighted by atomic mass is 10.2. The van der Waals surface area contributed by atoms with Crippen LogP contribution in [-0.2, 0) is 0 Å². The second-order valence-electron chi connectivity index (χ2n) is 4.35. The number of phenols is 1. The summed E-state index contributed by atoms with van der Waals surface area (Å²) in [6.45, 7) is 7.16. The van der Waals surface area contributed by atoms with Gasteiger partial charge in [-0.3, -0.25) is 4.90 Å². The Balaban J connectivity index is 1.93. The highest BCUT2D eigenvalue weighted by Gasteiger charge is 2.17. The molecular weight excluding hydrogens is 212 g/mol. The third-order valence-electron chi connectivity index (χ3n) is 3.19. The molecule has 1 aromatic rings. The Kier molecular flexibility index (Phi) is 4.04. The predicted octanol–water partition coefficient (Wildman–Crippen LogP) is 2.09. The van der Waals surface area contributed by atoms with Gasteiger partial charge in [-0.1, -0.05) is 24.3 Å². The molecule has 0 radical (unpaired) electrons. The lowest BCUT2D eigenvalue weighted by Gasteiger charge is -2.35. The fourth-order valence-electron chi connectivity index (χ4n) is 2.16. The van der Waals surface area contributed by atoms with Crippen LogP contribution in [0.3, 0.4) is 0 Å². The normalized spacial score (nSPS) is 17.8. The molecule has 2 rings (SSSR count). The molecule has 0 bridgehead atoms. The first-order valence-corrected chi connectivity index (χ1v) is 6.17. The summed E-state index contributed by atoms with van der Waals surface area (Å²) in [5.74, 6) is 0.384. The molecule has 17 heavy (non-hydrogen) atoms. The van der Waals surface area contributed by atoms with Gasteiger partial charge in [-0.25, -0.2) is 0 Å². The van der Waals surface area contributed by atoms with Gasteiger partial charge in [-0.2, -0.15) is 0 Å². The molecule has 1 N–H and O–H groups in total. The van der Waals surface area contributed by atoms with Crippen LogP contribution in [0.5, 0.6) is 5.75 Å². The number of allylic oxidation sites excluding steroid dienone is 1. The first-order chi connectivity index (χ1) is 8.31. The van der Waals surface area contributed by atoms with Crippen LogP contribution >= 0.6 is 0 Å². The summed E-state index contributed by atoms with van der Waals surface area (Å²) < 4.78 is 0. The van der Waals surface area contributed by atoms with Crippen LogP contribution in [-0.4, -0.2) is 42.7 Å². The lowest BCUT2D eigenvalue weighted by Crippen LogP contribution is -2.46. The maximum Gasteiger partial charge on any atom is 0.138 e. The summed E-state index contributed by atoms with van der Waals surface area (Å²) >= 11 is 0. The molecule has 92 valence electrons. The van der Waals surface area contributed by atoms with E-state index in [0.29, 0.717) is 5.75 Å². The molecule has 0 aromatic heterocycles. The number of piperazine rings is 1. The van der Waals surface area contributed by atoms with E-state index >= 15 is 0 Å². The standard InChI is InChI=1S/C14H20N2O/c1-2-3-8-15-9-11-16(12-10-15)13-6-4-5-7-14(13)17/h2-7,17H,8-12H2,1H3. The molecule has 1 aromatic carbocycles. The summed E-state index contributed by atoms with van der Waals surface area (Å²) in [6, 6.07) is 7.57. The van der Waals surface area contributed by atoms with Crippen LogP contribution in [0.25, 0.3) is 0 Å². The van der Waals surface area contributed by atoms with Gasteiger partial charge in [0.2, 0.25) is 0 Å². The molecule has 3 nitrogen and oxygen atoms in total. The lowest BCUT2D eigenvalue weighted by molar-refractivity contribution is 0.283. The second kappa shape index (κ2) is 5.73. The molecule has 1 heterocycles. The van der Waals surface area contributed by atoms with Crippen molar-refractivity contribution >= 4 is 5.69 Å². The minimum atomic E-state index is 0.384. The minimum absolute atomic E-state index is 0.384. The van der Waals surface area contributed by atoms with Crippen molar-refractivity contribution in [3.8, 4) is 5.75 Å². The molecule has 0 atom stereocenters. The van der Waals surface area contributed by atoms with Crippen molar-refractivity contribution in [3.63, 3.8) is 0 Å². The topological polar surface area (TPSA) is 26.7 Å². The Bertz CT molecular complexity index is 382. The molecule has 0 saturated carbocycles. The monoisotopic (exact) mass is 232 g/mol. The van der Waals surface area contributed by atoms with Crippen LogP contribution in [0.1, 0.15) is 6.92 Å². The first-order valence-electron chi connectivity index (χ1n) is 6.17. The van der Waals surface area contributed by atoms with Gasteiger partial charge >= 0.3 is 0 Å². The van der Waals surface area contributed by atoms with Crippen molar-refractivity contribution in [1.29, 1.82) is 0 Å². The number of aromatic hydroxyl groups is 1. The summed E-state index contributed by atoms with van der Waals surface area (Å²) in [5.41, 5.74) is 0.957. The van der Waals surface area contributed by atoms with Gasteiger partial charge in [-0.15, -0.1) is 0 Å². The van der Waals surface area contributed by atoms with Crippen molar-refractivity contribution < 1.29 is 5.11 Å². The van der Waals surface area contributed by atoms with Gasteiger partial charge in [0.15, 0.2) is 0 Å². The van der Waals surface area contributed by atoms with Gasteiger partial charge in [-0.05, 0) is 19.1 Å². The van der Waals surface area contributed by atoms with E-state index in [-0.39, 0.29) is 0 Å². The third-order valence-corrected chi connectivity index (χ3v) is 3.19. The van der Waals surface area contributed by atoms with Gasteiger partial charge in [0, 0.05) is 32.7 Å². The van der Waals surface area contributed by atoms with Gasteiger partial charge < -0.3 is 10.0 Å².